The Kier molecular flexibility index (Phi) is 5.24. The van der Waals surface area contributed by atoms with E-state index in [2.05, 4.69) is 4.90 Å². The van der Waals surface area contributed by atoms with Gasteiger partial charge in [-0.1, -0.05) is 29.3 Å². The highest BCUT2D eigenvalue weighted by molar-refractivity contribution is 6.35. The second-order valence-corrected chi connectivity index (χ2v) is 6.74. The van der Waals surface area contributed by atoms with E-state index in [0.29, 0.717) is 23.3 Å². The molecule has 4 nitrogen and oxygen atoms in total. The number of carbonyl (C=O) groups is 1. The lowest BCUT2D eigenvalue weighted by Gasteiger charge is -2.29. The van der Waals surface area contributed by atoms with E-state index in [4.69, 9.17) is 27.9 Å². The third-order valence-electron chi connectivity index (χ3n) is 4.35. The zero-order valence-electron chi connectivity index (χ0n) is 12.4. The van der Waals surface area contributed by atoms with Crippen LogP contribution in [0, 0.1) is 5.92 Å². The molecule has 0 saturated carbocycles. The average molecular weight is 343 g/mol. The number of ether oxygens (including phenoxy) is 1. The first kappa shape index (κ1) is 16.1. The number of hydrogen-bond donors (Lipinski definition) is 0. The number of halogens is 2. The number of nitrogens with zero attached hydrogens (tertiary/aromatic N) is 2. The first-order valence-electron chi connectivity index (χ1n) is 7.66. The van der Waals surface area contributed by atoms with E-state index in [-0.39, 0.29) is 11.8 Å². The molecule has 0 spiro atoms. The van der Waals surface area contributed by atoms with Crippen LogP contribution in [-0.2, 0) is 16.1 Å². The number of rotatable bonds is 3. The number of hydrogen-bond acceptors (Lipinski definition) is 3. The van der Waals surface area contributed by atoms with Crippen molar-refractivity contribution in [2.45, 2.75) is 13.0 Å². The van der Waals surface area contributed by atoms with E-state index in [1.54, 1.807) is 6.07 Å². The summed E-state index contributed by atoms with van der Waals surface area (Å²) in [5, 5.41) is 1.34. The molecule has 0 radical (unpaired) electrons. The van der Waals surface area contributed by atoms with E-state index in [0.717, 1.165) is 44.7 Å². The Hall–Kier alpha value is -0.810. The van der Waals surface area contributed by atoms with E-state index in [9.17, 15) is 4.79 Å². The van der Waals surface area contributed by atoms with E-state index >= 15 is 0 Å². The Labute approximate surface area is 140 Å². The maximum atomic E-state index is 12.5. The quantitative estimate of drug-likeness (QED) is 0.846. The monoisotopic (exact) mass is 342 g/mol. The highest BCUT2D eigenvalue weighted by atomic mass is 35.5. The Morgan fingerprint density at radius 3 is 2.73 bits per heavy atom. The van der Waals surface area contributed by atoms with Crippen molar-refractivity contribution in [3.8, 4) is 0 Å². The zero-order chi connectivity index (χ0) is 15.5. The molecule has 6 heteroatoms. The summed E-state index contributed by atoms with van der Waals surface area (Å²) in [7, 11) is 0. The van der Waals surface area contributed by atoms with Gasteiger partial charge >= 0.3 is 0 Å². The number of amides is 1. The van der Waals surface area contributed by atoms with Crippen LogP contribution in [0.1, 0.15) is 12.0 Å². The summed E-state index contributed by atoms with van der Waals surface area (Å²) in [6.45, 7) is 5.25. The Bertz CT molecular complexity index is 547. The van der Waals surface area contributed by atoms with Crippen molar-refractivity contribution in [2.24, 2.45) is 5.92 Å². The van der Waals surface area contributed by atoms with Crippen molar-refractivity contribution in [1.82, 2.24) is 9.80 Å². The minimum Gasteiger partial charge on any atom is -0.378 e. The standard InChI is InChI=1S/C16H20Cl2N2O2/c17-14-2-1-12(15(18)9-14)10-19-4-3-13(11-19)16(21)20-5-7-22-8-6-20/h1-2,9,13H,3-8,10-11H2. The molecule has 0 bridgehead atoms. The van der Waals surface area contributed by atoms with Crippen molar-refractivity contribution in [3.05, 3.63) is 33.8 Å². The summed E-state index contributed by atoms with van der Waals surface area (Å²) < 4.78 is 5.31. The molecule has 2 heterocycles. The third kappa shape index (κ3) is 3.74. The van der Waals surface area contributed by atoms with Gasteiger partial charge in [-0.15, -0.1) is 0 Å². The lowest BCUT2D eigenvalue weighted by atomic mass is 10.1. The molecule has 0 aliphatic carbocycles. The molecule has 3 rings (SSSR count). The summed E-state index contributed by atoms with van der Waals surface area (Å²) >= 11 is 12.2. The Balaban J connectivity index is 1.56. The van der Waals surface area contributed by atoms with Crippen LogP contribution in [0.5, 0.6) is 0 Å². The maximum Gasteiger partial charge on any atom is 0.227 e. The van der Waals surface area contributed by atoms with Crippen LogP contribution >= 0.6 is 23.2 Å². The molecule has 2 aliphatic heterocycles. The lowest BCUT2D eigenvalue weighted by Crippen LogP contribution is -2.44. The molecule has 1 unspecified atom stereocenters. The number of morpholine rings is 1. The van der Waals surface area contributed by atoms with Crippen LogP contribution in [0.15, 0.2) is 18.2 Å². The van der Waals surface area contributed by atoms with Gasteiger partial charge in [0, 0.05) is 36.2 Å². The molecule has 1 atom stereocenters. The largest absolute Gasteiger partial charge is 0.378 e. The van der Waals surface area contributed by atoms with Crippen LogP contribution < -0.4 is 0 Å². The molecule has 1 aromatic carbocycles. The number of carbonyl (C=O) groups excluding carboxylic acids is 1. The minimum atomic E-state index is 0.101. The molecule has 1 amide bonds. The lowest BCUT2D eigenvalue weighted by molar-refractivity contribution is -0.139. The van der Waals surface area contributed by atoms with Crippen molar-refractivity contribution >= 4 is 29.1 Å². The predicted octanol–water partition coefficient (Wildman–Crippen LogP) is 2.67. The van der Waals surface area contributed by atoms with E-state index in [1.165, 1.54) is 0 Å². The van der Waals surface area contributed by atoms with Crippen LogP contribution in [0.3, 0.4) is 0 Å². The van der Waals surface area contributed by atoms with Crippen LogP contribution in [0.2, 0.25) is 10.0 Å². The Morgan fingerprint density at radius 2 is 2.00 bits per heavy atom. The topological polar surface area (TPSA) is 32.8 Å². The van der Waals surface area contributed by atoms with Gasteiger partial charge in [-0.25, -0.2) is 0 Å². The molecule has 22 heavy (non-hydrogen) atoms. The predicted molar refractivity (Wildman–Crippen MR) is 87.2 cm³/mol. The fourth-order valence-electron chi connectivity index (χ4n) is 3.11. The van der Waals surface area contributed by atoms with Gasteiger partial charge in [-0.3, -0.25) is 9.69 Å². The fourth-order valence-corrected chi connectivity index (χ4v) is 3.58. The minimum absolute atomic E-state index is 0.101. The highest BCUT2D eigenvalue weighted by Gasteiger charge is 2.32. The average Bonchev–Trinajstić information content (AvgIpc) is 2.99. The maximum absolute atomic E-state index is 12.5. The number of benzene rings is 1. The Morgan fingerprint density at radius 1 is 1.23 bits per heavy atom. The summed E-state index contributed by atoms with van der Waals surface area (Å²) in [4.78, 5) is 16.7. The zero-order valence-corrected chi connectivity index (χ0v) is 13.9. The summed E-state index contributed by atoms with van der Waals surface area (Å²) in [6.07, 6.45) is 0.918. The summed E-state index contributed by atoms with van der Waals surface area (Å²) in [6, 6.07) is 5.59. The van der Waals surface area contributed by atoms with Gasteiger partial charge in [-0.05, 0) is 30.7 Å². The summed E-state index contributed by atoms with van der Waals surface area (Å²) in [5.41, 5.74) is 1.06. The molecule has 0 N–H and O–H groups in total. The van der Waals surface area contributed by atoms with Crippen molar-refractivity contribution in [1.29, 1.82) is 0 Å². The highest BCUT2D eigenvalue weighted by Crippen LogP contribution is 2.26. The van der Waals surface area contributed by atoms with E-state index < -0.39 is 0 Å². The summed E-state index contributed by atoms with van der Waals surface area (Å²) in [5.74, 6) is 0.372. The van der Waals surface area contributed by atoms with Gasteiger partial charge in [0.05, 0.1) is 19.1 Å². The molecular formula is C16H20Cl2N2O2. The van der Waals surface area contributed by atoms with E-state index in [1.807, 2.05) is 17.0 Å². The molecular weight excluding hydrogens is 323 g/mol. The fraction of sp³-hybridized carbons (Fsp3) is 0.562. The first-order valence-corrected chi connectivity index (χ1v) is 8.42. The van der Waals surface area contributed by atoms with Gasteiger partial charge in [0.2, 0.25) is 5.91 Å². The van der Waals surface area contributed by atoms with Crippen molar-refractivity contribution < 1.29 is 9.53 Å². The van der Waals surface area contributed by atoms with Crippen molar-refractivity contribution in [3.63, 3.8) is 0 Å². The molecule has 120 valence electrons. The van der Waals surface area contributed by atoms with Crippen LogP contribution in [-0.4, -0.2) is 55.1 Å². The van der Waals surface area contributed by atoms with Gasteiger partial charge in [0.25, 0.3) is 0 Å². The second-order valence-electron chi connectivity index (χ2n) is 5.89. The van der Waals surface area contributed by atoms with Crippen LogP contribution in [0.4, 0.5) is 0 Å². The molecule has 2 fully saturated rings. The van der Waals surface area contributed by atoms with Gasteiger partial charge in [-0.2, -0.15) is 0 Å². The van der Waals surface area contributed by atoms with Crippen molar-refractivity contribution in [2.75, 3.05) is 39.4 Å². The number of likely N-dealkylation sites (tertiary alicyclic amines) is 1. The first-order chi connectivity index (χ1) is 10.6. The normalized spacial score (nSPS) is 23.0. The van der Waals surface area contributed by atoms with Gasteiger partial charge < -0.3 is 9.64 Å². The smallest absolute Gasteiger partial charge is 0.227 e. The molecule has 2 saturated heterocycles. The molecule has 1 aromatic rings. The third-order valence-corrected chi connectivity index (χ3v) is 4.94. The SMILES string of the molecule is O=C(C1CCN(Cc2ccc(Cl)cc2Cl)C1)N1CCOCC1. The van der Waals surface area contributed by atoms with Gasteiger partial charge in [0.1, 0.15) is 0 Å². The molecule has 0 aromatic heterocycles. The molecule has 2 aliphatic rings. The van der Waals surface area contributed by atoms with Gasteiger partial charge in [0.15, 0.2) is 0 Å². The van der Waals surface area contributed by atoms with Crippen LogP contribution in [0.25, 0.3) is 0 Å². The second kappa shape index (κ2) is 7.18.